The smallest absolute Gasteiger partial charge is 0.416 e. The maximum atomic E-state index is 12.9. The molecule has 0 unspecified atom stereocenters. The van der Waals surface area contributed by atoms with Gasteiger partial charge in [-0.25, -0.2) is 0 Å². The van der Waals surface area contributed by atoms with E-state index in [0.717, 1.165) is 51.3 Å². The number of hydrogen-bond acceptors (Lipinski definition) is 7. The van der Waals surface area contributed by atoms with Crippen molar-refractivity contribution < 1.29 is 27.2 Å². The molecule has 0 saturated carbocycles. The Bertz CT molecular complexity index is 833. The highest BCUT2D eigenvalue weighted by molar-refractivity contribution is 5.69. The molecule has 0 amide bonds. The van der Waals surface area contributed by atoms with Gasteiger partial charge in [0.25, 0.3) is 0 Å². The maximum Gasteiger partial charge on any atom is 0.416 e. The van der Waals surface area contributed by atoms with Crippen molar-refractivity contribution in [1.29, 1.82) is 0 Å². The zero-order chi connectivity index (χ0) is 21.6. The predicted molar refractivity (Wildman–Crippen MR) is 102 cm³/mol. The SMILES string of the molecule is CCOC(=O)CCCN1CCN(Cc2nc(-c3cccc(C(F)(F)F)c3)no2)CC1. The van der Waals surface area contributed by atoms with E-state index in [2.05, 4.69) is 19.9 Å². The quantitative estimate of drug-likeness (QED) is 0.600. The molecule has 3 rings (SSSR count). The van der Waals surface area contributed by atoms with Crippen LogP contribution in [0.15, 0.2) is 28.8 Å². The number of nitrogens with zero attached hydrogens (tertiary/aromatic N) is 4. The summed E-state index contributed by atoms with van der Waals surface area (Å²) in [7, 11) is 0. The number of alkyl halides is 3. The van der Waals surface area contributed by atoms with Crippen molar-refractivity contribution in [3.63, 3.8) is 0 Å². The van der Waals surface area contributed by atoms with Gasteiger partial charge in [0.1, 0.15) is 0 Å². The zero-order valence-electron chi connectivity index (χ0n) is 16.8. The van der Waals surface area contributed by atoms with Gasteiger partial charge in [0.05, 0.1) is 18.7 Å². The number of halogens is 3. The van der Waals surface area contributed by atoms with Crippen molar-refractivity contribution in [2.75, 3.05) is 39.3 Å². The van der Waals surface area contributed by atoms with Crippen molar-refractivity contribution in [2.45, 2.75) is 32.5 Å². The van der Waals surface area contributed by atoms with Gasteiger partial charge in [-0.05, 0) is 32.0 Å². The second-order valence-electron chi connectivity index (χ2n) is 7.12. The summed E-state index contributed by atoms with van der Waals surface area (Å²) in [5, 5.41) is 3.83. The molecule has 0 aliphatic carbocycles. The molecule has 0 spiro atoms. The molecule has 1 aromatic carbocycles. The lowest BCUT2D eigenvalue weighted by Gasteiger charge is -2.33. The molecule has 0 radical (unpaired) electrons. The van der Waals surface area contributed by atoms with Crippen LogP contribution in [-0.2, 0) is 22.3 Å². The molecule has 164 valence electrons. The van der Waals surface area contributed by atoms with Crippen LogP contribution < -0.4 is 0 Å². The number of ether oxygens (including phenoxy) is 1. The van der Waals surface area contributed by atoms with E-state index < -0.39 is 11.7 Å². The van der Waals surface area contributed by atoms with E-state index in [1.165, 1.54) is 12.1 Å². The molecular formula is C20H25F3N4O3. The number of carbonyl (C=O) groups is 1. The molecule has 10 heteroatoms. The first-order chi connectivity index (χ1) is 14.3. The first-order valence-electron chi connectivity index (χ1n) is 9.95. The van der Waals surface area contributed by atoms with Gasteiger partial charge in [-0.15, -0.1) is 0 Å². The summed E-state index contributed by atoms with van der Waals surface area (Å²) in [6.45, 7) is 6.82. The van der Waals surface area contributed by atoms with Crippen molar-refractivity contribution >= 4 is 5.97 Å². The Morgan fingerprint density at radius 2 is 1.93 bits per heavy atom. The Labute approximate surface area is 172 Å². The first-order valence-corrected chi connectivity index (χ1v) is 9.95. The van der Waals surface area contributed by atoms with Crippen LogP contribution >= 0.6 is 0 Å². The summed E-state index contributed by atoms with van der Waals surface area (Å²) in [6, 6.07) is 4.88. The van der Waals surface area contributed by atoms with Crippen LogP contribution in [-0.4, -0.2) is 65.2 Å². The van der Waals surface area contributed by atoms with Crippen LogP contribution in [0, 0.1) is 0 Å². The van der Waals surface area contributed by atoms with E-state index in [1.54, 1.807) is 6.92 Å². The zero-order valence-corrected chi connectivity index (χ0v) is 16.8. The fourth-order valence-corrected chi connectivity index (χ4v) is 3.31. The second kappa shape index (κ2) is 10.0. The van der Waals surface area contributed by atoms with Crippen LogP contribution in [0.25, 0.3) is 11.4 Å². The van der Waals surface area contributed by atoms with Crippen LogP contribution in [0.4, 0.5) is 13.2 Å². The number of rotatable bonds is 8. The minimum absolute atomic E-state index is 0.147. The maximum absolute atomic E-state index is 12.9. The second-order valence-corrected chi connectivity index (χ2v) is 7.12. The molecule has 2 heterocycles. The number of carbonyl (C=O) groups excluding carboxylic acids is 1. The topological polar surface area (TPSA) is 71.7 Å². The highest BCUT2D eigenvalue weighted by Gasteiger charge is 2.31. The van der Waals surface area contributed by atoms with Crippen LogP contribution in [0.5, 0.6) is 0 Å². The lowest BCUT2D eigenvalue weighted by atomic mass is 10.1. The third-order valence-electron chi connectivity index (χ3n) is 4.90. The largest absolute Gasteiger partial charge is 0.466 e. The number of benzene rings is 1. The van der Waals surface area contributed by atoms with E-state index in [9.17, 15) is 18.0 Å². The average Bonchev–Trinajstić information content (AvgIpc) is 3.18. The van der Waals surface area contributed by atoms with Gasteiger partial charge < -0.3 is 14.2 Å². The summed E-state index contributed by atoms with van der Waals surface area (Å²) < 4.78 is 48.8. The Morgan fingerprint density at radius 1 is 1.20 bits per heavy atom. The lowest BCUT2D eigenvalue weighted by Crippen LogP contribution is -2.46. The molecule has 1 fully saturated rings. The minimum Gasteiger partial charge on any atom is -0.466 e. The summed E-state index contributed by atoms with van der Waals surface area (Å²) in [5.74, 6) is 0.357. The molecule has 1 aromatic heterocycles. The van der Waals surface area contributed by atoms with Crippen LogP contribution in [0.3, 0.4) is 0 Å². The van der Waals surface area contributed by atoms with E-state index in [0.29, 0.717) is 25.5 Å². The van der Waals surface area contributed by atoms with Gasteiger partial charge in [-0.2, -0.15) is 18.2 Å². The molecule has 0 bridgehead atoms. The van der Waals surface area contributed by atoms with E-state index >= 15 is 0 Å². The van der Waals surface area contributed by atoms with Gasteiger partial charge in [0, 0.05) is 38.2 Å². The number of hydrogen-bond donors (Lipinski definition) is 0. The number of esters is 1. The Kier molecular flexibility index (Phi) is 7.43. The van der Waals surface area contributed by atoms with Crippen molar-refractivity contribution in [3.05, 3.63) is 35.7 Å². The van der Waals surface area contributed by atoms with Crippen LogP contribution in [0.2, 0.25) is 0 Å². The highest BCUT2D eigenvalue weighted by Crippen LogP contribution is 2.31. The van der Waals surface area contributed by atoms with Gasteiger partial charge in [-0.3, -0.25) is 9.69 Å². The molecule has 0 N–H and O–H groups in total. The molecular weight excluding hydrogens is 401 g/mol. The molecule has 0 atom stereocenters. The fraction of sp³-hybridized carbons (Fsp3) is 0.550. The molecule has 2 aromatic rings. The van der Waals surface area contributed by atoms with Gasteiger partial charge >= 0.3 is 12.1 Å². The van der Waals surface area contributed by atoms with Crippen LogP contribution in [0.1, 0.15) is 31.2 Å². The first kappa shape index (κ1) is 22.2. The monoisotopic (exact) mass is 426 g/mol. The summed E-state index contributed by atoms with van der Waals surface area (Å²) >= 11 is 0. The van der Waals surface area contributed by atoms with Gasteiger partial charge in [0.2, 0.25) is 11.7 Å². The van der Waals surface area contributed by atoms with Crippen molar-refractivity contribution in [3.8, 4) is 11.4 Å². The Hall–Kier alpha value is -2.46. The molecule has 1 aliphatic rings. The van der Waals surface area contributed by atoms with E-state index in [-0.39, 0.29) is 17.4 Å². The third-order valence-corrected chi connectivity index (χ3v) is 4.90. The molecule has 1 saturated heterocycles. The number of piperazine rings is 1. The predicted octanol–water partition coefficient (Wildman–Crippen LogP) is 3.22. The van der Waals surface area contributed by atoms with E-state index in [1.807, 2.05) is 0 Å². The Balaban J connectivity index is 1.47. The molecule has 1 aliphatic heterocycles. The summed E-state index contributed by atoms with van der Waals surface area (Å²) in [6.07, 6.45) is -3.23. The van der Waals surface area contributed by atoms with Crippen molar-refractivity contribution in [2.24, 2.45) is 0 Å². The normalized spacial score (nSPS) is 16.0. The minimum atomic E-state index is -4.42. The van der Waals surface area contributed by atoms with E-state index in [4.69, 9.17) is 9.26 Å². The van der Waals surface area contributed by atoms with Gasteiger partial charge in [-0.1, -0.05) is 17.3 Å². The fourth-order valence-electron chi connectivity index (χ4n) is 3.31. The molecule has 30 heavy (non-hydrogen) atoms. The average molecular weight is 426 g/mol. The van der Waals surface area contributed by atoms with Crippen molar-refractivity contribution in [1.82, 2.24) is 19.9 Å². The lowest BCUT2D eigenvalue weighted by molar-refractivity contribution is -0.143. The summed E-state index contributed by atoms with van der Waals surface area (Å²) in [5.41, 5.74) is -0.475. The summed E-state index contributed by atoms with van der Waals surface area (Å²) in [4.78, 5) is 20.1. The third kappa shape index (κ3) is 6.27. The Morgan fingerprint density at radius 3 is 2.63 bits per heavy atom. The molecule has 7 nitrogen and oxygen atoms in total. The highest BCUT2D eigenvalue weighted by atomic mass is 19.4. The number of aromatic nitrogens is 2. The van der Waals surface area contributed by atoms with Gasteiger partial charge in [0.15, 0.2) is 0 Å². The standard InChI is InChI=1S/C20H25F3N4O3/c1-2-29-18(28)7-4-8-26-9-11-27(12-10-26)14-17-24-19(25-30-17)15-5-3-6-16(13-15)20(21,22)23/h3,5-6,13H,2,4,7-12,14H2,1H3.